The molecule has 3 amide bonds. The number of carbonyl (C=O) groups excluding carboxylic acids is 3. The lowest BCUT2D eigenvalue weighted by Crippen LogP contribution is -2.50. The third-order valence-electron chi connectivity index (χ3n) is 14.9. The molecule has 1 aromatic heterocycles. The standard InChI is InChI=1S/C55H70N8O11S2/c1-6-61-46-22-20-39(75(67,68)69)36-42(46)54(2,3)48(61)17-12-18-49-55(4,5)43-37-40(76(70,71)72)21-23-47(43)62(49)26-11-7-8-19-50(64)56-25-32-73-34-35-74-33-31-59-27-29-60(30-28-59)38-51(65)63-45-16-10-9-14-41(45)53(66)58-44-15-13-24-57-52(44)63/h9-10,12-18,20-24,36-37,49H,6-8,11,19,25-35,38H2,1-5H3,(H,56,64)(H,58,66)(H,67,68,69)(H,70,71,72)/b18-12+,48-17+. The van der Waals surface area contributed by atoms with E-state index < -0.39 is 31.1 Å². The summed E-state index contributed by atoms with van der Waals surface area (Å²) in [5.74, 6) is -0.0964. The van der Waals surface area contributed by atoms with E-state index in [0.29, 0.717) is 94.7 Å². The number of pyridine rings is 1. The molecule has 3 aromatic carbocycles. The van der Waals surface area contributed by atoms with Crippen LogP contribution in [0.5, 0.6) is 0 Å². The molecule has 1 fully saturated rings. The Morgan fingerprint density at radius 3 is 2.17 bits per heavy atom. The van der Waals surface area contributed by atoms with Gasteiger partial charge in [-0.05, 0) is 97.6 Å². The van der Waals surface area contributed by atoms with Crippen molar-refractivity contribution in [1.29, 1.82) is 0 Å². The molecular formula is C55H70N8O11S2. The largest absolute Gasteiger partial charge is 0.378 e. The number of rotatable bonds is 22. The predicted octanol–water partition coefficient (Wildman–Crippen LogP) is 6.56. The first-order valence-corrected chi connectivity index (χ1v) is 28.8. The molecule has 21 heteroatoms. The first kappa shape index (κ1) is 56.2. The molecule has 4 aliphatic heterocycles. The molecule has 1 saturated heterocycles. The van der Waals surface area contributed by atoms with Crippen LogP contribution in [0.1, 0.15) is 81.8 Å². The number of nitrogens with one attached hydrogen (secondary N) is 2. The fraction of sp³-hybridized carbons (Fsp3) is 0.455. The van der Waals surface area contributed by atoms with Gasteiger partial charge in [0.05, 0.1) is 65.7 Å². The van der Waals surface area contributed by atoms with Crippen molar-refractivity contribution in [2.75, 3.05) is 105 Å². The van der Waals surface area contributed by atoms with Gasteiger partial charge in [-0.2, -0.15) is 16.8 Å². The Hall–Kier alpha value is -6.04. The molecule has 4 aliphatic rings. The Balaban J connectivity index is 0.731. The van der Waals surface area contributed by atoms with Gasteiger partial charge in [0, 0.05) is 92.9 Å². The number of hydrogen-bond acceptors (Lipinski definition) is 14. The average Bonchev–Trinajstić information content (AvgIpc) is 3.66. The molecule has 0 saturated carbocycles. The summed E-state index contributed by atoms with van der Waals surface area (Å²) in [4.78, 5) is 53.9. The number of ether oxygens (including phenoxy) is 2. The molecule has 4 N–H and O–H groups in total. The summed E-state index contributed by atoms with van der Waals surface area (Å²) in [5.41, 5.74) is 4.51. The topological polar surface area (TPSA) is 232 Å². The van der Waals surface area contributed by atoms with Gasteiger partial charge in [0.2, 0.25) is 11.8 Å². The van der Waals surface area contributed by atoms with Gasteiger partial charge < -0.3 is 29.9 Å². The third kappa shape index (κ3) is 12.5. The number of nitrogens with zero attached hydrogens (tertiary/aromatic N) is 6. The number of amides is 3. The molecule has 0 aliphatic carbocycles. The van der Waals surface area contributed by atoms with Crippen LogP contribution in [0, 0.1) is 0 Å². The Bertz CT molecular complexity index is 3080. The molecule has 1 atom stereocenters. The van der Waals surface area contributed by atoms with Crippen LogP contribution in [-0.2, 0) is 50.1 Å². The van der Waals surface area contributed by atoms with Crippen LogP contribution in [0.4, 0.5) is 28.6 Å². The number of fused-ring (bicyclic) bond motifs is 4. The minimum Gasteiger partial charge on any atom is -0.378 e. The van der Waals surface area contributed by atoms with Crippen molar-refractivity contribution >= 4 is 66.5 Å². The van der Waals surface area contributed by atoms with Crippen molar-refractivity contribution in [1.82, 2.24) is 20.1 Å². The fourth-order valence-electron chi connectivity index (χ4n) is 10.8. The zero-order valence-corrected chi connectivity index (χ0v) is 45.5. The van der Waals surface area contributed by atoms with Crippen molar-refractivity contribution in [3.05, 3.63) is 120 Å². The molecule has 0 spiro atoms. The molecule has 1 unspecified atom stereocenters. The maximum absolute atomic E-state index is 13.8. The first-order chi connectivity index (χ1) is 36.2. The summed E-state index contributed by atoms with van der Waals surface area (Å²) < 4.78 is 79.7. The van der Waals surface area contributed by atoms with Gasteiger partial charge >= 0.3 is 0 Å². The molecule has 408 valence electrons. The number of allylic oxidation sites excluding steroid dienone is 3. The highest BCUT2D eigenvalue weighted by molar-refractivity contribution is 7.86. The minimum atomic E-state index is -4.44. The number of benzene rings is 3. The number of aromatic nitrogens is 1. The Kier molecular flexibility index (Phi) is 17.5. The van der Waals surface area contributed by atoms with Gasteiger partial charge in [0.1, 0.15) is 0 Å². The van der Waals surface area contributed by atoms with E-state index in [1.165, 1.54) is 18.2 Å². The van der Waals surface area contributed by atoms with Crippen LogP contribution in [0.3, 0.4) is 0 Å². The van der Waals surface area contributed by atoms with E-state index in [2.05, 4.69) is 41.3 Å². The van der Waals surface area contributed by atoms with E-state index in [1.54, 1.807) is 65.7 Å². The lowest BCUT2D eigenvalue weighted by molar-refractivity contribution is -0.121. The van der Waals surface area contributed by atoms with Crippen LogP contribution < -0.4 is 25.3 Å². The number of anilines is 5. The summed E-state index contributed by atoms with van der Waals surface area (Å²) in [6.45, 7) is 17.4. The highest BCUT2D eigenvalue weighted by atomic mass is 32.2. The van der Waals surface area contributed by atoms with Crippen molar-refractivity contribution in [2.24, 2.45) is 0 Å². The SMILES string of the molecule is CCN1/C(=C/C=C/C2N(CCCCCC(=O)NCCOCCOCCN3CCN(CC(=O)N4c5ccccc5C(=O)Nc5cccnc54)CC3)c3ccc(S(=O)(=O)O)cc3C2(C)C)C(C)(C)c2cc(S(=O)(=O)O)ccc21. The van der Waals surface area contributed by atoms with Gasteiger partial charge in [-0.25, -0.2) is 4.98 Å². The van der Waals surface area contributed by atoms with Crippen molar-refractivity contribution in [3.8, 4) is 0 Å². The maximum atomic E-state index is 13.8. The van der Waals surface area contributed by atoms with E-state index in [4.69, 9.17) is 9.47 Å². The van der Waals surface area contributed by atoms with Crippen molar-refractivity contribution in [2.45, 2.75) is 87.0 Å². The Morgan fingerprint density at radius 1 is 0.789 bits per heavy atom. The van der Waals surface area contributed by atoms with Gasteiger partial charge in [0.15, 0.2) is 5.82 Å². The van der Waals surface area contributed by atoms with E-state index >= 15 is 0 Å². The average molecular weight is 1080 g/mol. The smallest absolute Gasteiger partial charge is 0.294 e. The van der Waals surface area contributed by atoms with Crippen LogP contribution in [0.25, 0.3) is 0 Å². The number of hydrogen-bond donors (Lipinski definition) is 4. The monoisotopic (exact) mass is 1080 g/mol. The summed E-state index contributed by atoms with van der Waals surface area (Å²) in [6.07, 6.45) is 10.3. The van der Waals surface area contributed by atoms with Crippen LogP contribution >= 0.6 is 0 Å². The molecule has 4 aromatic rings. The second-order valence-corrected chi connectivity index (χ2v) is 23.4. The predicted molar refractivity (Wildman–Crippen MR) is 292 cm³/mol. The van der Waals surface area contributed by atoms with Crippen LogP contribution in [0.15, 0.2) is 113 Å². The maximum Gasteiger partial charge on any atom is 0.294 e. The summed E-state index contributed by atoms with van der Waals surface area (Å²) in [5, 5.41) is 5.81. The number of unbranched alkanes of at least 4 members (excludes halogenated alkanes) is 2. The molecule has 8 rings (SSSR count). The Labute approximate surface area is 446 Å². The number of carbonyl (C=O) groups is 3. The highest BCUT2D eigenvalue weighted by Crippen LogP contribution is 2.50. The Morgan fingerprint density at radius 2 is 1.46 bits per heavy atom. The molecule has 0 radical (unpaired) electrons. The van der Waals surface area contributed by atoms with Gasteiger partial charge in [-0.15, -0.1) is 0 Å². The van der Waals surface area contributed by atoms with E-state index in [-0.39, 0.29) is 40.1 Å². The first-order valence-electron chi connectivity index (χ1n) is 25.9. The summed E-state index contributed by atoms with van der Waals surface area (Å²) in [7, 11) is -8.84. The molecule has 19 nitrogen and oxygen atoms in total. The van der Waals surface area contributed by atoms with Crippen LogP contribution in [-0.4, -0.2) is 150 Å². The quantitative estimate of drug-likeness (QED) is 0.0482. The second kappa shape index (κ2) is 23.7. The van der Waals surface area contributed by atoms with Gasteiger partial charge in [-0.1, -0.05) is 58.4 Å². The molecule has 5 heterocycles. The van der Waals surface area contributed by atoms with Gasteiger partial charge in [-0.3, -0.25) is 38.2 Å². The minimum absolute atomic E-state index is 0.0562. The lowest BCUT2D eigenvalue weighted by atomic mass is 9.80. The van der Waals surface area contributed by atoms with Gasteiger partial charge in [0.25, 0.3) is 26.1 Å². The van der Waals surface area contributed by atoms with Crippen LogP contribution in [0.2, 0.25) is 0 Å². The zero-order valence-electron chi connectivity index (χ0n) is 43.9. The third-order valence-corrected chi connectivity index (χ3v) is 16.6. The molecular weight excluding hydrogens is 1010 g/mol. The van der Waals surface area contributed by atoms with E-state index in [0.717, 1.165) is 60.7 Å². The highest BCUT2D eigenvalue weighted by Gasteiger charge is 2.44. The lowest BCUT2D eigenvalue weighted by Gasteiger charge is -2.35. The number of piperazine rings is 1. The summed E-state index contributed by atoms with van der Waals surface area (Å²) >= 11 is 0. The molecule has 76 heavy (non-hydrogen) atoms. The summed E-state index contributed by atoms with van der Waals surface area (Å²) in [6, 6.07) is 19.7. The van der Waals surface area contributed by atoms with E-state index in [9.17, 15) is 40.3 Å². The normalized spacial score (nSPS) is 18.8. The van der Waals surface area contributed by atoms with E-state index in [1.807, 2.05) is 46.8 Å². The zero-order chi connectivity index (χ0) is 54.4. The second-order valence-electron chi connectivity index (χ2n) is 20.6. The van der Waals surface area contributed by atoms with Crippen molar-refractivity contribution < 1.29 is 49.8 Å². The number of para-hydroxylation sites is 1. The fourth-order valence-corrected chi connectivity index (χ4v) is 11.8. The molecule has 0 bridgehead atoms. The number of likely N-dealkylation sites (N-methyl/N-ethyl adjacent to an activating group) is 1. The van der Waals surface area contributed by atoms with Crippen molar-refractivity contribution in [3.63, 3.8) is 0 Å².